The molecule has 0 unspecified atom stereocenters. The number of aryl methyl sites for hydroxylation is 1. The van der Waals surface area contributed by atoms with Gasteiger partial charge >= 0.3 is 0 Å². The van der Waals surface area contributed by atoms with Gasteiger partial charge in [-0.1, -0.05) is 22.0 Å². The number of hydrogen-bond acceptors (Lipinski definition) is 2. The Hall–Kier alpha value is -0.380. The van der Waals surface area contributed by atoms with Gasteiger partial charge in [-0.15, -0.1) is 0 Å². The van der Waals surface area contributed by atoms with Gasteiger partial charge in [0.25, 0.3) is 0 Å². The molecule has 2 N–H and O–H groups in total. The summed E-state index contributed by atoms with van der Waals surface area (Å²) in [5, 5.41) is 0. The van der Waals surface area contributed by atoms with E-state index in [1.165, 1.54) is 41.3 Å². The van der Waals surface area contributed by atoms with Crippen molar-refractivity contribution in [2.45, 2.75) is 44.1 Å². The molecular weight excluding hydrogens is 302 g/mol. The Morgan fingerprint density at radius 2 is 1.89 bits per heavy atom. The van der Waals surface area contributed by atoms with Crippen molar-refractivity contribution in [1.29, 1.82) is 0 Å². The fourth-order valence-corrected chi connectivity index (χ4v) is 4.10. The van der Waals surface area contributed by atoms with Crippen LogP contribution in [-0.2, 0) is 10.2 Å². The van der Waals surface area contributed by atoms with Crippen LogP contribution in [0.15, 0.2) is 22.7 Å². The monoisotopic (exact) mass is 323 g/mol. The highest BCUT2D eigenvalue weighted by Crippen LogP contribution is 2.47. The fraction of sp³-hybridized carbons (Fsp3) is 0.625. The molecule has 0 spiro atoms. The Balaban J connectivity index is 1.92. The zero-order chi connectivity index (χ0) is 13.5. The second-order valence-electron chi connectivity index (χ2n) is 6.22. The molecule has 3 heteroatoms. The largest absolute Gasteiger partial charge is 0.379 e. The third-order valence-corrected chi connectivity index (χ3v) is 5.50. The summed E-state index contributed by atoms with van der Waals surface area (Å²) in [5.41, 5.74) is 9.17. The van der Waals surface area contributed by atoms with Crippen LogP contribution in [0.4, 0.5) is 0 Å². The van der Waals surface area contributed by atoms with Crippen LogP contribution in [0.1, 0.15) is 36.8 Å². The lowest BCUT2D eigenvalue weighted by molar-refractivity contribution is -0.0987. The first-order chi connectivity index (χ1) is 9.12. The Morgan fingerprint density at radius 3 is 2.47 bits per heavy atom. The molecule has 1 heterocycles. The molecule has 1 aromatic carbocycles. The molecule has 0 bridgehead atoms. The zero-order valence-electron chi connectivity index (χ0n) is 11.5. The van der Waals surface area contributed by atoms with E-state index in [2.05, 4.69) is 41.1 Å². The average Bonchev–Trinajstić information content (AvgIpc) is 2.34. The van der Waals surface area contributed by atoms with Crippen molar-refractivity contribution < 1.29 is 4.74 Å². The predicted molar refractivity (Wildman–Crippen MR) is 81.3 cm³/mol. The van der Waals surface area contributed by atoms with Crippen LogP contribution >= 0.6 is 15.9 Å². The summed E-state index contributed by atoms with van der Waals surface area (Å²) in [6.07, 6.45) is 4.83. The lowest BCUT2D eigenvalue weighted by Gasteiger charge is -2.50. The molecule has 0 radical (unpaired) electrons. The molecule has 1 aliphatic heterocycles. The minimum absolute atomic E-state index is 0.244. The minimum Gasteiger partial charge on any atom is -0.379 e. The summed E-state index contributed by atoms with van der Waals surface area (Å²) in [6.45, 7) is 3.98. The van der Waals surface area contributed by atoms with Crippen LogP contribution in [0.25, 0.3) is 0 Å². The van der Waals surface area contributed by atoms with Crippen molar-refractivity contribution in [3.63, 3.8) is 0 Å². The molecule has 2 fully saturated rings. The summed E-state index contributed by atoms with van der Waals surface area (Å²) < 4.78 is 6.79. The molecule has 2 aliphatic rings. The first kappa shape index (κ1) is 13.6. The zero-order valence-corrected chi connectivity index (χ0v) is 13.1. The number of halogens is 1. The van der Waals surface area contributed by atoms with Crippen LogP contribution in [0.3, 0.4) is 0 Å². The summed E-state index contributed by atoms with van der Waals surface area (Å²) in [7, 11) is 0. The summed E-state index contributed by atoms with van der Waals surface area (Å²) in [4.78, 5) is 0. The highest BCUT2D eigenvalue weighted by atomic mass is 79.9. The van der Waals surface area contributed by atoms with E-state index in [9.17, 15) is 0 Å². The van der Waals surface area contributed by atoms with Crippen molar-refractivity contribution in [3.8, 4) is 0 Å². The van der Waals surface area contributed by atoms with Crippen molar-refractivity contribution in [3.05, 3.63) is 33.8 Å². The predicted octanol–water partition coefficient (Wildman–Crippen LogP) is 3.54. The normalized spacial score (nSPS) is 29.8. The second-order valence-corrected chi connectivity index (χ2v) is 7.14. The summed E-state index contributed by atoms with van der Waals surface area (Å²) in [6, 6.07) is 7.06. The van der Waals surface area contributed by atoms with E-state index in [0.29, 0.717) is 6.04 Å². The fourth-order valence-electron chi connectivity index (χ4n) is 3.74. The first-order valence-corrected chi connectivity index (χ1v) is 8.01. The van der Waals surface area contributed by atoms with E-state index < -0.39 is 0 Å². The van der Waals surface area contributed by atoms with Gasteiger partial charge in [-0.25, -0.2) is 0 Å². The molecule has 104 valence electrons. The maximum atomic E-state index is 6.05. The lowest BCUT2D eigenvalue weighted by atomic mass is 9.62. The Morgan fingerprint density at radius 1 is 1.21 bits per heavy atom. The van der Waals surface area contributed by atoms with Crippen LogP contribution in [-0.4, -0.2) is 19.3 Å². The van der Waals surface area contributed by atoms with Gasteiger partial charge in [-0.2, -0.15) is 0 Å². The van der Waals surface area contributed by atoms with E-state index in [1.807, 2.05) is 0 Å². The summed E-state index contributed by atoms with van der Waals surface area (Å²) >= 11 is 3.61. The van der Waals surface area contributed by atoms with E-state index in [-0.39, 0.29) is 5.41 Å². The van der Waals surface area contributed by atoms with Gasteiger partial charge in [-0.05, 0) is 61.8 Å². The molecule has 19 heavy (non-hydrogen) atoms. The number of benzene rings is 1. The average molecular weight is 324 g/mol. The van der Waals surface area contributed by atoms with Crippen molar-refractivity contribution in [2.75, 3.05) is 13.2 Å². The minimum atomic E-state index is 0.244. The molecule has 0 aromatic heterocycles. The topological polar surface area (TPSA) is 35.2 Å². The number of hydrogen-bond donors (Lipinski definition) is 1. The smallest absolute Gasteiger partial charge is 0.0588 e. The van der Waals surface area contributed by atoms with Crippen molar-refractivity contribution >= 4 is 15.9 Å². The van der Waals surface area contributed by atoms with Gasteiger partial charge in [0.2, 0.25) is 0 Å². The first-order valence-electron chi connectivity index (χ1n) is 7.22. The van der Waals surface area contributed by atoms with Gasteiger partial charge in [0.1, 0.15) is 0 Å². The van der Waals surface area contributed by atoms with E-state index in [0.717, 1.165) is 19.1 Å². The van der Waals surface area contributed by atoms with Crippen molar-refractivity contribution in [1.82, 2.24) is 0 Å². The van der Waals surface area contributed by atoms with Crippen molar-refractivity contribution in [2.24, 2.45) is 11.7 Å². The van der Waals surface area contributed by atoms with E-state index in [4.69, 9.17) is 10.5 Å². The molecule has 1 aliphatic carbocycles. The van der Waals surface area contributed by atoms with Crippen LogP contribution < -0.4 is 5.73 Å². The van der Waals surface area contributed by atoms with Gasteiger partial charge in [0, 0.05) is 15.9 Å². The molecule has 1 saturated carbocycles. The standard InChI is InChI=1S/C16H22BrNO/c1-11-2-5-13(17)8-15(11)16(9-19-10-16)12-3-6-14(18)7-4-12/h2,5,8,12,14H,3-4,6-7,9-10,18H2,1H3. The lowest BCUT2D eigenvalue weighted by Crippen LogP contribution is -2.54. The van der Waals surface area contributed by atoms with Crippen LogP contribution in [0.5, 0.6) is 0 Å². The van der Waals surface area contributed by atoms with E-state index in [1.54, 1.807) is 0 Å². The van der Waals surface area contributed by atoms with Crippen LogP contribution in [0, 0.1) is 12.8 Å². The van der Waals surface area contributed by atoms with Gasteiger partial charge < -0.3 is 10.5 Å². The van der Waals surface area contributed by atoms with E-state index >= 15 is 0 Å². The van der Waals surface area contributed by atoms with Gasteiger partial charge in [0.15, 0.2) is 0 Å². The van der Waals surface area contributed by atoms with Gasteiger partial charge in [0.05, 0.1) is 13.2 Å². The quantitative estimate of drug-likeness (QED) is 0.903. The Bertz CT molecular complexity index is 462. The Kier molecular flexibility index (Phi) is 3.71. The van der Waals surface area contributed by atoms with Gasteiger partial charge in [-0.3, -0.25) is 0 Å². The molecular formula is C16H22BrNO. The number of rotatable bonds is 2. The molecule has 1 aromatic rings. The number of ether oxygens (including phenoxy) is 1. The maximum Gasteiger partial charge on any atom is 0.0588 e. The molecule has 2 nitrogen and oxygen atoms in total. The third kappa shape index (κ3) is 2.37. The SMILES string of the molecule is Cc1ccc(Br)cc1C1(C2CCC(N)CC2)COC1. The summed E-state index contributed by atoms with van der Waals surface area (Å²) in [5.74, 6) is 0.731. The highest BCUT2D eigenvalue weighted by Gasteiger charge is 2.48. The maximum absolute atomic E-state index is 6.05. The Labute approximate surface area is 123 Å². The second kappa shape index (κ2) is 5.19. The number of nitrogens with two attached hydrogens (primary N) is 1. The molecule has 1 saturated heterocycles. The third-order valence-electron chi connectivity index (χ3n) is 5.01. The molecule has 0 amide bonds. The molecule has 0 atom stereocenters. The highest BCUT2D eigenvalue weighted by molar-refractivity contribution is 9.10. The molecule has 3 rings (SSSR count). The van der Waals surface area contributed by atoms with Crippen LogP contribution in [0.2, 0.25) is 0 Å².